The summed E-state index contributed by atoms with van der Waals surface area (Å²) in [5.74, 6) is -0.333. The predicted molar refractivity (Wildman–Crippen MR) is 114 cm³/mol. The number of hydrogen-bond acceptors (Lipinski definition) is 4. The van der Waals surface area contributed by atoms with Crippen LogP contribution in [-0.4, -0.2) is 34.5 Å². The molecule has 0 saturated heterocycles. The molecule has 3 aromatic rings. The molecule has 3 amide bonds. The molecular weight excluding hydrogens is 382 g/mol. The van der Waals surface area contributed by atoms with Gasteiger partial charge in [0.1, 0.15) is 5.82 Å². The van der Waals surface area contributed by atoms with Gasteiger partial charge in [0.25, 0.3) is 11.8 Å². The van der Waals surface area contributed by atoms with E-state index in [0.29, 0.717) is 29.9 Å². The molecule has 0 fully saturated rings. The predicted octanol–water partition coefficient (Wildman–Crippen LogP) is 2.60. The molecule has 3 N–H and O–H groups in total. The molecule has 0 aliphatic rings. The van der Waals surface area contributed by atoms with E-state index in [1.807, 2.05) is 30.3 Å². The second-order valence-corrected chi connectivity index (χ2v) is 6.68. The van der Waals surface area contributed by atoms with Gasteiger partial charge in [-0.05, 0) is 36.2 Å². The van der Waals surface area contributed by atoms with Crippen LogP contribution in [0, 0.1) is 0 Å². The lowest BCUT2D eigenvalue weighted by atomic mass is 10.1. The summed E-state index contributed by atoms with van der Waals surface area (Å²) in [5, 5.41) is 12.2. The maximum absolute atomic E-state index is 12.5. The zero-order valence-corrected chi connectivity index (χ0v) is 16.8. The molecule has 0 radical (unpaired) electrons. The topological polar surface area (TPSA) is 105 Å². The summed E-state index contributed by atoms with van der Waals surface area (Å²) < 4.78 is 1.45. The average molecular weight is 405 g/mol. The van der Waals surface area contributed by atoms with E-state index < -0.39 is 5.91 Å². The first-order valence-electron chi connectivity index (χ1n) is 9.47. The molecule has 0 spiro atoms. The lowest BCUT2D eigenvalue weighted by Gasteiger charge is -2.05. The number of nitrogens with zero attached hydrogens (tertiary/aromatic N) is 2. The van der Waals surface area contributed by atoms with Crippen LogP contribution in [0.5, 0.6) is 0 Å². The van der Waals surface area contributed by atoms with Crippen LogP contribution in [0.4, 0.5) is 11.5 Å². The molecule has 0 aliphatic heterocycles. The smallest absolute Gasteiger partial charge is 0.276 e. The third-order valence-corrected chi connectivity index (χ3v) is 4.50. The van der Waals surface area contributed by atoms with Crippen LogP contribution in [0.1, 0.15) is 32.8 Å². The normalized spacial score (nSPS) is 10.3. The fourth-order valence-electron chi connectivity index (χ4n) is 2.85. The summed E-state index contributed by atoms with van der Waals surface area (Å²) in [5.41, 5.74) is 2.28. The van der Waals surface area contributed by atoms with Crippen LogP contribution in [-0.2, 0) is 18.3 Å². The van der Waals surface area contributed by atoms with Crippen molar-refractivity contribution in [3.05, 3.63) is 77.5 Å². The number of nitrogens with one attached hydrogen (secondary N) is 3. The molecule has 0 bridgehead atoms. The van der Waals surface area contributed by atoms with E-state index >= 15 is 0 Å². The van der Waals surface area contributed by atoms with Crippen LogP contribution in [0.3, 0.4) is 0 Å². The Morgan fingerprint density at radius 3 is 2.30 bits per heavy atom. The van der Waals surface area contributed by atoms with E-state index in [1.165, 1.54) is 10.7 Å². The highest BCUT2D eigenvalue weighted by Crippen LogP contribution is 2.14. The van der Waals surface area contributed by atoms with Crippen LogP contribution in [0.2, 0.25) is 0 Å². The van der Waals surface area contributed by atoms with Gasteiger partial charge >= 0.3 is 0 Å². The molecule has 30 heavy (non-hydrogen) atoms. The zero-order valence-electron chi connectivity index (χ0n) is 16.8. The van der Waals surface area contributed by atoms with E-state index in [0.717, 1.165) is 5.56 Å². The van der Waals surface area contributed by atoms with Crippen molar-refractivity contribution in [1.82, 2.24) is 15.1 Å². The monoisotopic (exact) mass is 405 g/mol. The minimum Gasteiger partial charge on any atom is -0.355 e. The van der Waals surface area contributed by atoms with Crippen molar-refractivity contribution in [1.29, 1.82) is 0 Å². The molecule has 0 aliphatic carbocycles. The van der Waals surface area contributed by atoms with Gasteiger partial charge in [0.2, 0.25) is 5.91 Å². The Hall–Kier alpha value is -3.94. The van der Waals surface area contributed by atoms with Gasteiger partial charge in [-0.2, -0.15) is 5.10 Å². The van der Waals surface area contributed by atoms with Gasteiger partial charge in [0, 0.05) is 37.8 Å². The van der Waals surface area contributed by atoms with Gasteiger partial charge in [-0.1, -0.05) is 30.3 Å². The molecule has 0 saturated carbocycles. The SMILES string of the molecule is CNC(=O)c1ccc(NC(=O)c2cc(NC(=O)CCc3ccccc3)n(C)n2)cc1. The Bertz CT molecular complexity index is 1040. The number of aryl methyl sites for hydroxylation is 2. The Morgan fingerprint density at radius 2 is 1.63 bits per heavy atom. The van der Waals surface area contributed by atoms with Crippen LogP contribution in [0.15, 0.2) is 60.7 Å². The van der Waals surface area contributed by atoms with Crippen molar-refractivity contribution >= 4 is 29.2 Å². The molecule has 1 heterocycles. The quantitative estimate of drug-likeness (QED) is 0.562. The zero-order chi connectivity index (χ0) is 21.5. The van der Waals surface area contributed by atoms with Gasteiger partial charge < -0.3 is 16.0 Å². The standard InChI is InChI=1S/C22H23N5O3/c1-23-21(29)16-9-11-17(12-10-16)24-22(30)18-14-19(27(2)26-18)25-20(28)13-8-15-6-4-3-5-7-15/h3-7,9-12,14H,8,13H2,1-2H3,(H,23,29)(H,24,30)(H,25,28). The van der Waals surface area contributed by atoms with Gasteiger partial charge in [-0.25, -0.2) is 0 Å². The molecule has 8 heteroatoms. The Labute approximate surface area is 174 Å². The van der Waals surface area contributed by atoms with Crippen molar-refractivity contribution in [2.45, 2.75) is 12.8 Å². The summed E-state index contributed by atoms with van der Waals surface area (Å²) in [7, 11) is 3.21. The number of benzene rings is 2. The third kappa shape index (κ3) is 5.32. The van der Waals surface area contributed by atoms with Crippen molar-refractivity contribution in [3.63, 3.8) is 0 Å². The molecule has 8 nitrogen and oxygen atoms in total. The maximum Gasteiger partial charge on any atom is 0.276 e. The molecule has 2 aromatic carbocycles. The fourth-order valence-corrected chi connectivity index (χ4v) is 2.85. The minimum absolute atomic E-state index is 0.154. The Balaban J connectivity index is 1.58. The maximum atomic E-state index is 12.5. The lowest BCUT2D eigenvalue weighted by Crippen LogP contribution is -2.18. The first kappa shape index (κ1) is 20.8. The number of anilines is 2. The van der Waals surface area contributed by atoms with Gasteiger partial charge in [-0.15, -0.1) is 0 Å². The highest BCUT2D eigenvalue weighted by Gasteiger charge is 2.15. The number of carbonyl (C=O) groups excluding carboxylic acids is 3. The molecule has 1 aromatic heterocycles. The lowest BCUT2D eigenvalue weighted by molar-refractivity contribution is -0.116. The van der Waals surface area contributed by atoms with E-state index in [2.05, 4.69) is 21.0 Å². The van der Waals surface area contributed by atoms with Crippen LogP contribution >= 0.6 is 0 Å². The number of carbonyl (C=O) groups is 3. The average Bonchev–Trinajstić information content (AvgIpc) is 3.13. The number of rotatable bonds is 7. The molecule has 3 rings (SSSR count). The summed E-state index contributed by atoms with van der Waals surface area (Å²) in [4.78, 5) is 36.3. The number of amides is 3. The largest absolute Gasteiger partial charge is 0.355 e. The molecule has 0 atom stereocenters. The van der Waals surface area contributed by atoms with E-state index in [1.54, 1.807) is 38.4 Å². The van der Waals surface area contributed by atoms with Gasteiger partial charge in [-0.3, -0.25) is 19.1 Å². The van der Waals surface area contributed by atoms with E-state index in [9.17, 15) is 14.4 Å². The van der Waals surface area contributed by atoms with Crippen molar-refractivity contribution in [3.8, 4) is 0 Å². The second kappa shape index (κ2) is 9.51. The van der Waals surface area contributed by atoms with Crippen LogP contribution in [0.25, 0.3) is 0 Å². The van der Waals surface area contributed by atoms with E-state index in [-0.39, 0.29) is 17.5 Å². The van der Waals surface area contributed by atoms with Gasteiger partial charge in [0.15, 0.2) is 5.69 Å². The first-order valence-corrected chi connectivity index (χ1v) is 9.47. The van der Waals surface area contributed by atoms with E-state index in [4.69, 9.17) is 0 Å². The number of aromatic nitrogens is 2. The third-order valence-electron chi connectivity index (χ3n) is 4.50. The fraction of sp³-hybridized carbons (Fsp3) is 0.182. The van der Waals surface area contributed by atoms with Crippen molar-refractivity contribution in [2.75, 3.05) is 17.7 Å². The Kier molecular flexibility index (Phi) is 6.59. The summed E-state index contributed by atoms with van der Waals surface area (Å²) in [6.45, 7) is 0. The summed E-state index contributed by atoms with van der Waals surface area (Å²) in [6, 6.07) is 17.8. The summed E-state index contributed by atoms with van der Waals surface area (Å²) in [6.07, 6.45) is 0.957. The minimum atomic E-state index is -0.414. The highest BCUT2D eigenvalue weighted by atomic mass is 16.2. The van der Waals surface area contributed by atoms with Crippen molar-refractivity contribution < 1.29 is 14.4 Å². The van der Waals surface area contributed by atoms with Crippen molar-refractivity contribution in [2.24, 2.45) is 7.05 Å². The summed E-state index contributed by atoms with van der Waals surface area (Å²) >= 11 is 0. The van der Waals surface area contributed by atoms with Gasteiger partial charge in [0.05, 0.1) is 0 Å². The second-order valence-electron chi connectivity index (χ2n) is 6.68. The first-order chi connectivity index (χ1) is 14.5. The highest BCUT2D eigenvalue weighted by molar-refractivity contribution is 6.04. The Morgan fingerprint density at radius 1 is 0.933 bits per heavy atom. The molecule has 154 valence electrons. The van der Waals surface area contributed by atoms with Crippen LogP contribution < -0.4 is 16.0 Å². The number of hydrogen-bond donors (Lipinski definition) is 3. The molecule has 0 unspecified atom stereocenters. The molecular formula is C22H23N5O3.